The number of benzene rings is 1. The highest BCUT2D eigenvalue weighted by Gasteiger charge is 2.08. The molecule has 1 heterocycles. The minimum atomic E-state index is -0.263. The quantitative estimate of drug-likeness (QED) is 0.408. The zero-order valence-electron chi connectivity index (χ0n) is 12.4. The van der Waals surface area contributed by atoms with Crippen molar-refractivity contribution in [2.45, 2.75) is 6.54 Å². The number of hydrogen-bond acceptors (Lipinski definition) is 3. The number of furan rings is 1. The number of anilines is 1. The number of carbonyl (C=O) groups excluding carboxylic acids is 1. The molecule has 0 saturated carbocycles. The van der Waals surface area contributed by atoms with Gasteiger partial charge in [0.05, 0.1) is 6.26 Å². The summed E-state index contributed by atoms with van der Waals surface area (Å²) in [4.78, 5) is 15.8. The Bertz CT molecular complexity index is 609. The molecule has 1 aromatic carbocycles. The van der Waals surface area contributed by atoms with Crippen molar-refractivity contribution in [1.29, 1.82) is 0 Å². The molecular formula is C15H19IN4O2. The van der Waals surface area contributed by atoms with Crippen LogP contribution in [0.1, 0.15) is 16.1 Å². The van der Waals surface area contributed by atoms with Gasteiger partial charge in [0.2, 0.25) is 0 Å². The van der Waals surface area contributed by atoms with Crippen molar-refractivity contribution in [2.24, 2.45) is 4.99 Å². The van der Waals surface area contributed by atoms with E-state index in [0.717, 1.165) is 17.2 Å². The van der Waals surface area contributed by atoms with Crippen molar-refractivity contribution < 1.29 is 9.21 Å². The van der Waals surface area contributed by atoms with Crippen LogP contribution in [0.3, 0.4) is 0 Å². The third-order valence-electron chi connectivity index (χ3n) is 2.88. The van der Waals surface area contributed by atoms with Crippen LogP contribution >= 0.6 is 24.0 Å². The highest BCUT2D eigenvalue weighted by molar-refractivity contribution is 14.0. The standard InChI is InChI=1S/C15H18N4O2.HI/c1-16-15(17-2)18-10-11-5-7-12(8-6-11)19-14(20)13-4-3-9-21-13;/h3-9H,10H2,1-2H3,(H,19,20)(H2,16,17,18);1H. The first kappa shape index (κ1) is 18.0. The summed E-state index contributed by atoms with van der Waals surface area (Å²) in [6.45, 7) is 0.653. The van der Waals surface area contributed by atoms with Gasteiger partial charge in [0.1, 0.15) is 0 Å². The highest BCUT2D eigenvalue weighted by Crippen LogP contribution is 2.11. The second-order valence-corrected chi connectivity index (χ2v) is 4.30. The summed E-state index contributed by atoms with van der Waals surface area (Å²) in [6.07, 6.45) is 1.47. The molecule has 118 valence electrons. The van der Waals surface area contributed by atoms with Gasteiger partial charge in [-0.15, -0.1) is 24.0 Å². The number of guanidine groups is 1. The molecular weight excluding hydrogens is 395 g/mol. The smallest absolute Gasteiger partial charge is 0.291 e. The number of halogens is 1. The Kier molecular flexibility index (Phi) is 7.44. The molecule has 2 aromatic rings. The van der Waals surface area contributed by atoms with Gasteiger partial charge in [0.25, 0.3) is 5.91 Å². The van der Waals surface area contributed by atoms with E-state index in [1.54, 1.807) is 19.2 Å². The number of nitrogens with one attached hydrogen (secondary N) is 3. The summed E-state index contributed by atoms with van der Waals surface area (Å²) < 4.78 is 5.04. The van der Waals surface area contributed by atoms with Crippen LogP contribution in [0, 0.1) is 0 Å². The monoisotopic (exact) mass is 414 g/mol. The molecule has 0 unspecified atom stereocenters. The third-order valence-corrected chi connectivity index (χ3v) is 2.88. The predicted octanol–water partition coefficient (Wildman–Crippen LogP) is 2.44. The van der Waals surface area contributed by atoms with Gasteiger partial charge in [-0.25, -0.2) is 0 Å². The number of nitrogens with zero attached hydrogens (tertiary/aromatic N) is 1. The lowest BCUT2D eigenvalue weighted by Crippen LogP contribution is -2.34. The minimum Gasteiger partial charge on any atom is -0.459 e. The van der Waals surface area contributed by atoms with E-state index in [-0.39, 0.29) is 29.9 Å². The predicted molar refractivity (Wildman–Crippen MR) is 97.8 cm³/mol. The molecule has 22 heavy (non-hydrogen) atoms. The number of rotatable bonds is 4. The van der Waals surface area contributed by atoms with Gasteiger partial charge in [-0.2, -0.15) is 0 Å². The van der Waals surface area contributed by atoms with Crippen LogP contribution < -0.4 is 16.0 Å². The largest absolute Gasteiger partial charge is 0.459 e. The van der Waals surface area contributed by atoms with Crippen molar-refractivity contribution in [3.8, 4) is 0 Å². The molecule has 6 nitrogen and oxygen atoms in total. The van der Waals surface area contributed by atoms with Gasteiger partial charge in [-0.1, -0.05) is 12.1 Å². The van der Waals surface area contributed by atoms with Crippen LogP contribution in [0.4, 0.5) is 5.69 Å². The van der Waals surface area contributed by atoms with Crippen LogP contribution in [0.5, 0.6) is 0 Å². The van der Waals surface area contributed by atoms with Crippen molar-refractivity contribution in [3.63, 3.8) is 0 Å². The Hall–Kier alpha value is -2.03. The summed E-state index contributed by atoms with van der Waals surface area (Å²) in [6, 6.07) is 10.9. The van der Waals surface area contributed by atoms with E-state index in [1.807, 2.05) is 31.3 Å². The van der Waals surface area contributed by atoms with Gasteiger partial charge in [-0.3, -0.25) is 9.79 Å². The first-order valence-corrected chi connectivity index (χ1v) is 6.55. The molecule has 0 aliphatic heterocycles. The lowest BCUT2D eigenvalue weighted by molar-refractivity contribution is 0.0996. The maximum atomic E-state index is 11.8. The first-order chi connectivity index (χ1) is 10.2. The summed E-state index contributed by atoms with van der Waals surface area (Å²) in [7, 11) is 3.52. The average molecular weight is 414 g/mol. The first-order valence-electron chi connectivity index (χ1n) is 6.55. The summed E-state index contributed by atoms with van der Waals surface area (Å²) in [5.41, 5.74) is 1.81. The molecule has 3 N–H and O–H groups in total. The third kappa shape index (κ3) is 5.06. The lowest BCUT2D eigenvalue weighted by atomic mass is 10.2. The van der Waals surface area contributed by atoms with Gasteiger partial charge >= 0.3 is 0 Å². The molecule has 1 aromatic heterocycles. The highest BCUT2D eigenvalue weighted by atomic mass is 127. The summed E-state index contributed by atoms with van der Waals surface area (Å²) in [5.74, 6) is 0.755. The molecule has 0 aliphatic rings. The summed E-state index contributed by atoms with van der Waals surface area (Å²) >= 11 is 0. The molecule has 1 amide bonds. The number of amides is 1. The SMILES string of the molecule is CN=C(NC)NCc1ccc(NC(=O)c2ccco2)cc1.I. The van der Waals surface area contributed by atoms with Gasteiger partial charge in [0.15, 0.2) is 11.7 Å². The maximum Gasteiger partial charge on any atom is 0.291 e. The maximum absolute atomic E-state index is 11.8. The molecule has 0 radical (unpaired) electrons. The second-order valence-electron chi connectivity index (χ2n) is 4.30. The molecule has 0 atom stereocenters. The van der Waals surface area contributed by atoms with E-state index in [2.05, 4.69) is 20.9 Å². The van der Waals surface area contributed by atoms with E-state index >= 15 is 0 Å². The average Bonchev–Trinajstić information content (AvgIpc) is 3.04. The molecule has 2 rings (SSSR count). The number of aliphatic imine (C=N–C) groups is 1. The van der Waals surface area contributed by atoms with Gasteiger partial charge in [-0.05, 0) is 29.8 Å². The van der Waals surface area contributed by atoms with Crippen molar-refractivity contribution >= 4 is 41.5 Å². The summed E-state index contributed by atoms with van der Waals surface area (Å²) in [5, 5.41) is 8.87. The van der Waals surface area contributed by atoms with E-state index in [9.17, 15) is 4.79 Å². The normalized spacial score (nSPS) is 10.5. The topological polar surface area (TPSA) is 78.7 Å². The second kappa shape index (κ2) is 9.08. The van der Waals surface area contributed by atoms with Gasteiger partial charge in [0, 0.05) is 26.3 Å². The van der Waals surface area contributed by atoms with Crippen LogP contribution in [-0.4, -0.2) is 26.0 Å². The van der Waals surface area contributed by atoms with Crippen LogP contribution in [0.25, 0.3) is 0 Å². The lowest BCUT2D eigenvalue weighted by Gasteiger charge is -2.09. The Balaban J connectivity index is 0.00000242. The van der Waals surface area contributed by atoms with Crippen molar-refractivity contribution in [1.82, 2.24) is 10.6 Å². The Labute approximate surface area is 146 Å². The fourth-order valence-electron chi connectivity index (χ4n) is 1.77. The van der Waals surface area contributed by atoms with E-state index in [4.69, 9.17) is 4.42 Å². The zero-order chi connectivity index (χ0) is 15.1. The molecule has 0 bridgehead atoms. The van der Waals surface area contributed by atoms with Crippen molar-refractivity contribution in [3.05, 3.63) is 54.0 Å². The fraction of sp³-hybridized carbons (Fsp3) is 0.200. The van der Waals surface area contributed by atoms with Crippen LogP contribution in [0.2, 0.25) is 0 Å². The van der Waals surface area contributed by atoms with Crippen LogP contribution in [-0.2, 0) is 6.54 Å². The zero-order valence-corrected chi connectivity index (χ0v) is 14.8. The van der Waals surface area contributed by atoms with Crippen LogP contribution in [0.15, 0.2) is 52.1 Å². The van der Waals surface area contributed by atoms with Crippen molar-refractivity contribution in [2.75, 3.05) is 19.4 Å². The Morgan fingerprint density at radius 2 is 1.95 bits per heavy atom. The Morgan fingerprint density at radius 3 is 2.50 bits per heavy atom. The molecule has 0 aliphatic carbocycles. The molecule has 0 saturated heterocycles. The van der Waals surface area contributed by atoms with E-state index in [1.165, 1.54) is 6.26 Å². The Morgan fingerprint density at radius 1 is 1.23 bits per heavy atom. The van der Waals surface area contributed by atoms with E-state index < -0.39 is 0 Å². The molecule has 0 spiro atoms. The fourth-order valence-corrected chi connectivity index (χ4v) is 1.77. The molecule has 0 fully saturated rings. The molecule has 7 heteroatoms. The minimum absolute atomic E-state index is 0. The van der Waals surface area contributed by atoms with Gasteiger partial charge < -0.3 is 20.4 Å². The van der Waals surface area contributed by atoms with E-state index in [0.29, 0.717) is 12.3 Å². The number of hydrogen-bond donors (Lipinski definition) is 3. The number of carbonyl (C=O) groups is 1.